The Hall–Kier alpha value is -3.48. The Balaban J connectivity index is 1.74. The first-order valence-corrected chi connectivity index (χ1v) is 10.8. The van der Waals surface area contributed by atoms with Crippen LogP contribution in [0, 0.1) is 0 Å². The van der Waals surface area contributed by atoms with Crippen LogP contribution < -0.4 is 11.1 Å². The zero-order chi connectivity index (χ0) is 22.7. The number of halogens is 2. The molecular weight excluding hydrogens is 490 g/mol. The van der Waals surface area contributed by atoms with Crippen LogP contribution in [-0.4, -0.2) is 16.7 Å². The number of hydrogen-bond donors (Lipinski definition) is 2. The summed E-state index contributed by atoms with van der Waals surface area (Å²) in [4.78, 5) is 29.2. The van der Waals surface area contributed by atoms with Gasteiger partial charge in [-0.1, -0.05) is 45.7 Å². The monoisotopic (exact) mass is 505 g/mol. The predicted molar refractivity (Wildman–Crippen MR) is 133 cm³/mol. The normalized spacial score (nSPS) is 11.1. The molecule has 0 radical (unpaired) electrons. The van der Waals surface area contributed by atoms with Crippen LogP contribution in [0.15, 0.2) is 83.5 Å². The SMILES string of the molecule is NC(=O)c1cnc2ccc(C(=O)/C=C/c3ccc(Cl)cc3)cc2c1Nc1ccc(Br)cc1. The van der Waals surface area contributed by atoms with Crippen LogP contribution in [0.4, 0.5) is 11.4 Å². The summed E-state index contributed by atoms with van der Waals surface area (Å²) < 4.78 is 0.929. The average Bonchev–Trinajstić information content (AvgIpc) is 2.79. The molecular formula is C25H17BrClN3O2. The zero-order valence-corrected chi connectivity index (χ0v) is 19.0. The van der Waals surface area contributed by atoms with Crippen LogP contribution in [0.1, 0.15) is 26.3 Å². The second-order valence-corrected chi connectivity index (χ2v) is 8.38. The quantitative estimate of drug-likeness (QED) is 0.234. The summed E-state index contributed by atoms with van der Waals surface area (Å²) in [7, 11) is 0. The van der Waals surface area contributed by atoms with Crippen LogP contribution in [0.3, 0.4) is 0 Å². The van der Waals surface area contributed by atoms with Gasteiger partial charge in [0.25, 0.3) is 5.91 Å². The molecule has 4 aromatic rings. The predicted octanol–water partition coefficient (Wildman–Crippen LogP) is 6.39. The van der Waals surface area contributed by atoms with Gasteiger partial charge in [-0.3, -0.25) is 14.6 Å². The van der Waals surface area contributed by atoms with Crippen LogP contribution in [0.25, 0.3) is 17.0 Å². The number of pyridine rings is 1. The Morgan fingerprint density at radius 3 is 2.41 bits per heavy atom. The highest BCUT2D eigenvalue weighted by Crippen LogP contribution is 2.30. The van der Waals surface area contributed by atoms with Crippen molar-refractivity contribution in [3.05, 3.63) is 105 Å². The molecule has 5 nitrogen and oxygen atoms in total. The summed E-state index contributed by atoms with van der Waals surface area (Å²) in [6.07, 6.45) is 4.66. The maximum atomic E-state index is 12.8. The first kappa shape index (κ1) is 21.7. The fourth-order valence-electron chi connectivity index (χ4n) is 3.19. The van der Waals surface area contributed by atoms with Gasteiger partial charge in [0.1, 0.15) is 0 Å². The Kier molecular flexibility index (Phi) is 6.35. The number of carbonyl (C=O) groups is 2. The number of fused-ring (bicyclic) bond motifs is 1. The smallest absolute Gasteiger partial charge is 0.252 e. The molecule has 0 bridgehead atoms. The third-order valence-electron chi connectivity index (χ3n) is 4.83. The summed E-state index contributed by atoms with van der Waals surface area (Å²) in [5.41, 5.74) is 9.05. The Labute approximate surface area is 198 Å². The van der Waals surface area contributed by atoms with E-state index in [1.54, 1.807) is 36.4 Å². The van der Waals surface area contributed by atoms with Gasteiger partial charge in [0.05, 0.1) is 16.8 Å². The number of nitrogens with one attached hydrogen (secondary N) is 1. The zero-order valence-electron chi connectivity index (χ0n) is 16.7. The van der Waals surface area contributed by atoms with E-state index in [1.165, 1.54) is 12.3 Å². The molecule has 32 heavy (non-hydrogen) atoms. The van der Waals surface area contributed by atoms with E-state index >= 15 is 0 Å². The van der Waals surface area contributed by atoms with Crippen molar-refractivity contribution in [3.63, 3.8) is 0 Å². The number of aromatic nitrogens is 1. The summed E-state index contributed by atoms with van der Waals surface area (Å²) in [5.74, 6) is -0.792. The highest BCUT2D eigenvalue weighted by atomic mass is 79.9. The fraction of sp³-hybridized carbons (Fsp3) is 0. The number of amides is 1. The Morgan fingerprint density at radius 1 is 1.00 bits per heavy atom. The number of rotatable bonds is 6. The summed E-state index contributed by atoms with van der Waals surface area (Å²) in [6.45, 7) is 0. The van der Waals surface area contributed by atoms with Gasteiger partial charge in [-0.05, 0) is 66.2 Å². The third-order valence-corrected chi connectivity index (χ3v) is 5.61. The number of allylic oxidation sites excluding steroid dienone is 1. The van der Waals surface area contributed by atoms with Gasteiger partial charge >= 0.3 is 0 Å². The maximum absolute atomic E-state index is 12.8. The second-order valence-electron chi connectivity index (χ2n) is 7.02. The lowest BCUT2D eigenvalue weighted by Gasteiger charge is -2.14. The van der Waals surface area contributed by atoms with Gasteiger partial charge in [0, 0.05) is 32.3 Å². The number of hydrogen-bond acceptors (Lipinski definition) is 4. The lowest BCUT2D eigenvalue weighted by atomic mass is 10.0. The minimum atomic E-state index is -0.613. The van der Waals surface area contributed by atoms with E-state index in [2.05, 4.69) is 26.2 Å². The molecule has 4 rings (SSSR count). The number of benzene rings is 3. The van der Waals surface area contributed by atoms with Crippen LogP contribution in [0.2, 0.25) is 5.02 Å². The Morgan fingerprint density at radius 2 is 1.72 bits per heavy atom. The highest BCUT2D eigenvalue weighted by Gasteiger charge is 2.15. The van der Waals surface area contributed by atoms with Crippen LogP contribution >= 0.6 is 27.5 Å². The number of primary amides is 1. The Bertz CT molecular complexity index is 1350. The molecule has 0 aliphatic heterocycles. The number of nitrogens with zero attached hydrogens (tertiary/aromatic N) is 1. The lowest BCUT2D eigenvalue weighted by molar-refractivity contribution is 0.0999. The number of nitrogens with two attached hydrogens (primary N) is 1. The van der Waals surface area contributed by atoms with E-state index in [9.17, 15) is 9.59 Å². The molecule has 158 valence electrons. The van der Waals surface area contributed by atoms with Crippen molar-refractivity contribution < 1.29 is 9.59 Å². The lowest BCUT2D eigenvalue weighted by Crippen LogP contribution is -2.14. The van der Waals surface area contributed by atoms with Crippen molar-refractivity contribution in [3.8, 4) is 0 Å². The van der Waals surface area contributed by atoms with E-state index in [0.717, 1.165) is 15.7 Å². The molecule has 3 N–H and O–H groups in total. The fourth-order valence-corrected chi connectivity index (χ4v) is 3.58. The molecule has 0 spiro atoms. The van der Waals surface area contributed by atoms with Crippen LogP contribution in [-0.2, 0) is 0 Å². The topological polar surface area (TPSA) is 85.1 Å². The van der Waals surface area contributed by atoms with E-state index in [1.807, 2.05) is 36.4 Å². The first-order chi connectivity index (χ1) is 15.4. The van der Waals surface area contributed by atoms with Crippen molar-refractivity contribution in [2.75, 3.05) is 5.32 Å². The van der Waals surface area contributed by atoms with Crippen molar-refractivity contribution in [1.29, 1.82) is 0 Å². The highest BCUT2D eigenvalue weighted by molar-refractivity contribution is 9.10. The number of anilines is 2. The van der Waals surface area contributed by atoms with Crippen molar-refractivity contribution in [2.24, 2.45) is 5.73 Å². The van der Waals surface area contributed by atoms with Gasteiger partial charge < -0.3 is 11.1 Å². The molecule has 3 aromatic carbocycles. The molecule has 0 unspecified atom stereocenters. The largest absolute Gasteiger partial charge is 0.365 e. The molecule has 0 fully saturated rings. The van der Waals surface area contributed by atoms with Crippen molar-refractivity contribution in [2.45, 2.75) is 0 Å². The van der Waals surface area contributed by atoms with E-state index in [4.69, 9.17) is 17.3 Å². The van der Waals surface area contributed by atoms with Gasteiger partial charge in [-0.15, -0.1) is 0 Å². The third kappa shape index (κ3) is 4.88. The van der Waals surface area contributed by atoms with E-state index in [-0.39, 0.29) is 11.3 Å². The van der Waals surface area contributed by atoms with Gasteiger partial charge in [0.2, 0.25) is 0 Å². The number of carbonyl (C=O) groups excluding carboxylic acids is 2. The van der Waals surface area contributed by atoms with E-state index in [0.29, 0.717) is 27.2 Å². The molecule has 0 saturated carbocycles. The van der Waals surface area contributed by atoms with E-state index < -0.39 is 5.91 Å². The summed E-state index contributed by atoms with van der Waals surface area (Å²) in [5, 5.41) is 4.50. The molecule has 0 aliphatic carbocycles. The molecule has 7 heteroatoms. The van der Waals surface area contributed by atoms with Crippen LogP contribution in [0.5, 0.6) is 0 Å². The molecule has 0 saturated heterocycles. The maximum Gasteiger partial charge on any atom is 0.252 e. The molecule has 1 amide bonds. The molecule has 0 atom stereocenters. The second kappa shape index (κ2) is 9.34. The summed E-state index contributed by atoms with van der Waals surface area (Å²) in [6, 6.07) is 19.8. The van der Waals surface area contributed by atoms with Crippen molar-refractivity contribution >= 4 is 67.6 Å². The minimum absolute atomic E-state index is 0.180. The molecule has 1 aromatic heterocycles. The minimum Gasteiger partial charge on any atom is -0.365 e. The molecule has 0 aliphatic rings. The van der Waals surface area contributed by atoms with Gasteiger partial charge in [-0.25, -0.2) is 0 Å². The number of ketones is 1. The van der Waals surface area contributed by atoms with Gasteiger partial charge in [-0.2, -0.15) is 0 Å². The first-order valence-electron chi connectivity index (χ1n) is 9.64. The standard InChI is InChI=1S/C25H17BrClN3O2/c26-17-5-9-19(10-6-17)30-24-20-13-16(4-11-22(20)29-14-21(24)25(28)32)23(31)12-3-15-1-7-18(27)8-2-15/h1-14H,(H2,28,32)(H,29,30)/b12-3+. The summed E-state index contributed by atoms with van der Waals surface area (Å²) >= 11 is 9.31. The molecule has 1 heterocycles. The average molecular weight is 507 g/mol. The van der Waals surface area contributed by atoms with Crippen molar-refractivity contribution in [1.82, 2.24) is 4.98 Å². The van der Waals surface area contributed by atoms with Gasteiger partial charge in [0.15, 0.2) is 5.78 Å².